The van der Waals surface area contributed by atoms with Gasteiger partial charge >= 0.3 is 0 Å². The maximum Gasteiger partial charge on any atom is 0.269 e. The Hall–Kier alpha value is -5.66. The number of rotatable bonds is 6. The van der Waals surface area contributed by atoms with Crippen molar-refractivity contribution < 1.29 is 28.1 Å². The van der Waals surface area contributed by atoms with E-state index in [0.29, 0.717) is 17.7 Å². The van der Waals surface area contributed by atoms with Gasteiger partial charge in [0.05, 0.1) is 22.4 Å². The average Bonchev–Trinajstić information content (AvgIpc) is 3.72. The number of benzene rings is 3. The van der Waals surface area contributed by atoms with Crippen LogP contribution >= 0.6 is 0 Å². The number of nitro groups is 1. The number of hydrazone groups is 1. The summed E-state index contributed by atoms with van der Waals surface area (Å²) in [6.45, 7) is -0.421. The van der Waals surface area contributed by atoms with Crippen molar-refractivity contribution in [3.8, 4) is 0 Å². The molecule has 4 aliphatic rings. The van der Waals surface area contributed by atoms with E-state index in [4.69, 9.17) is 5.10 Å². The lowest BCUT2D eigenvalue weighted by Crippen LogP contribution is -2.45. The summed E-state index contributed by atoms with van der Waals surface area (Å²) in [5.74, 6) is -2.81. The van der Waals surface area contributed by atoms with Gasteiger partial charge in [0.15, 0.2) is 12.1 Å². The molecule has 12 nitrogen and oxygen atoms in total. The third-order valence-electron chi connectivity index (χ3n) is 8.65. The smallest absolute Gasteiger partial charge is 0.269 e. The zero-order chi connectivity index (χ0) is 32.1. The fraction of sp³-hybridized carbons (Fsp3) is 0.250. The average molecular weight is 626 g/mol. The molecule has 1 saturated carbocycles. The Morgan fingerprint density at radius 3 is 2.28 bits per heavy atom. The number of imide groups is 1. The second kappa shape index (κ2) is 11.4. The Bertz CT molecular complexity index is 1840. The van der Waals surface area contributed by atoms with Crippen LogP contribution in [-0.4, -0.2) is 57.0 Å². The molecule has 1 aliphatic carbocycles. The van der Waals surface area contributed by atoms with E-state index in [1.54, 1.807) is 24.3 Å². The molecule has 0 unspecified atom stereocenters. The number of halogens is 2. The molecule has 3 aromatic rings. The number of non-ortho nitro benzene ring substituents is 1. The van der Waals surface area contributed by atoms with Crippen molar-refractivity contribution >= 4 is 40.9 Å². The first-order valence-corrected chi connectivity index (χ1v) is 14.6. The van der Waals surface area contributed by atoms with Crippen molar-refractivity contribution in [2.45, 2.75) is 37.4 Å². The predicted molar refractivity (Wildman–Crippen MR) is 160 cm³/mol. The molecular weight excluding hydrogens is 600 g/mol. The highest BCUT2D eigenvalue weighted by Gasteiger charge is 2.55. The third-order valence-corrected chi connectivity index (χ3v) is 8.65. The van der Waals surface area contributed by atoms with Gasteiger partial charge in [0.1, 0.15) is 18.2 Å². The molecule has 2 fully saturated rings. The molecule has 232 valence electrons. The number of amides is 3. The van der Waals surface area contributed by atoms with Crippen LogP contribution in [0.4, 0.5) is 20.2 Å². The van der Waals surface area contributed by atoms with E-state index in [1.807, 2.05) is 6.08 Å². The monoisotopic (exact) mass is 625 g/mol. The second-order valence-electron chi connectivity index (χ2n) is 11.4. The molecule has 3 aromatic carbocycles. The van der Waals surface area contributed by atoms with Gasteiger partial charge in [0.25, 0.3) is 23.4 Å². The van der Waals surface area contributed by atoms with Crippen LogP contribution in [-0.2, 0) is 14.4 Å². The summed E-state index contributed by atoms with van der Waals surface area (Å²) in [4.78, 5) is 52.0. The highest BCUT2D eigenvalue weighted by molar-refractivity contribution is 6.25. The first-order valence-electron chi connectivity index (χ1n) is 14.6. The number of allylic oxidation sites excluding steroid dienone is 1. The summed E-state index contributed by atoms with van der Waals surface area (Å²) < 4.78 is 27.4. The van der Waals surface area contributed by atoms with Gasteiger partial charge in [0, 0.05) is 18.1 Å². The van der Waals surface area contributed by atoms with Crippen LogP contribution in [0.15, 0.2) is 93.8 Å². The third kappa shape index (κ3) is 5.01. The topological polar surface area (TPSA) is 141 Å². The molecule has 0 bridgehead atoms. The number of fused-ring (bicyclic) bond motifs is 2. The number of nitrogens with zero attached hydrogens (tertiary/aromatic N) is 7. The van der Waals surface area contributed by atoms with E-state index in [1.165, 1.54) is 53.5 Å². The van der Waals surface area contributed by atoms with E-state index in [-0.39, 0.29) is 23.1 Å². The summed E-state index contributed by atoms with van der Waals surface area (Å²) >= 11 is 0. The number of hydrogen-bond donors (Lipinski definition) is 0. The molecule has 0 spiro atoms. The van der Waals surface area contributed by atoms with Gasteiger partial charge < -0.3 is 0 Å². The van der Waals surface area contributed by atoms with Crippen molar-refractivity contribution in [3.05, 3.63) is 111 Å². The lowest BCUT2D eigenvalue weighted by Gasteiger charge is -2.30. The molecule has 14 heteroatoms. The molecule has 1 saturated heterocycles. The molecule has 4 atom stereocenters. The molecule has 3 heterocycles. The van der Waals surface area contributed by atoms with Crippen LogP contribution in [0.2, 0.25) is 0 Å². The molecule has 3 aliphatic heterocycles. The number of carbonyl (C=O) groups excluding carboxylic acids is 3. The molecule has 46 heavy (non-hydrogen) atoms. The van der Waals surface area contributed by atoms with Crippen LogP contribution in [0, 0.1) is 27.7 Å². The molecule has 0 radical (unpaired) electrons. The van der Waals surface area contributed by atoms with Crippen LogP contribution in [0.1, 0.15) is 36.4 Å². The molecule has 3 amide bonds. The molecular formula is C32H25F2N7O5. The zero-order valence-electron chi connectivity index (χ0n) is 24.1. The molecule has 7 rings (SSSR count). The highest BCUT2D eigenvalue weighted by Crippen LogP contribution is 2.45. The maximum absolute atomic E-state index is 14.0. The van der Waals surface area contributed by atoms with Crippen molar-refractivity contribution in [1.82, 2.24) is 10.0 Å². The van der Waals surface area contributed by atoms with Crippen molar-refractivity contribution in [2.24, 2.45) is 21.4 Å². The van der Waals surface area contributed by atoms with Gasteiger partial charge in [0.2, 0.25) is 0 Å². The van der Waals surface area contributed by atoms with E-state index in [9.17, 15) is 33.3 Å². The largest absolute Gasteiger partial charge is 0.271 e. The Kier molecular flexibility index (Phi) is 7.18. The summed E-state index contributed by atoms with van der Waals surface area (Å²) in [5.41, 5.74) is 3.02. The van der Waals surface area contributed by atoms with E-state index >= 15 is 0 Å². The van der Waals surface area contributed by atoms with E-state index in [0.717, 1.165) is 33.9 Å². The van der Waals surface area contributed by atoms with Crippen molar-refractivity contribution in [1.29, 1.82) is 0 Å². The van der Waals surface area contributed by atoms with Gasteiger partial charge in [-0.05, 0) is 78.4 Å². The van der Waals surface area contributed by atoms with Crippen LogP contribution in [0.5, 0.6) is 0 Å². The normalized spacial score (nSPS) is 24.4. The minimum atomic E-state index is -1.18. The Balaban J connectivity index is 1.17. The number of hydrogen-bond acceptors (Lipinski definition) is 9. The quantitative estimate of drug-likeness (QED) is 0.215. The van der Waals surface area contributed by atoms with Gasteiger partial charge in [-0.25, -0.2) is 18.7 Å². The number of anilines is 1. The predicted octanol–water partition coefficient (Wildman–Crippen LogP) is 4.99. The van der Waals surface area contributed by atoms with Gasteiger partial charge in [-0.1, -0.05) is 29.5 Å². The maximum atomic E-state index is 14.0. The van der Waals surface area contributed by atoms with E-state index in [2.05, 4.69) is 10.3 Å². The lowest BCUT2D eigenvalue weighted by molar-refractivity contribution is -0.384. The standard InChI is InChI=1S/C32H25F2N7O5/c33-21-8-4-18(5-9-21)16-20-2-1-3-25-27(20)36-40(29(25)19-6-10-22(34)11-7-19)26(42)17-38-30-28(35-37-38)31(43)39(32(30)44)23-12-14-24(15-13-23)41(45)46/h4-16,25,28-30H,1-3,17H2/b20-16+/t25-,28-,29-,30+/m0/s1. The first kappa shape index (κ1) is 29.1. The molecule has 0 aromatic heterocycles. The summed E-state index contributed by atoms with van der Waals surface area (Å²) in [5, 5.41) is 26.3. The van der Waals surface area contributed by atoms with Crippen LogP contribution in [0.25, 0.3) is 6.08 Å². The number of carbonyl (C=O) groups is 3. The number of nitro benzene ring substituents is 1. The van der Waals surface area contributed by atoms with Gasteiger partial charge in [-0.15, -0.1) is 0 Å². The van der Waals surface area contributed by atoms with Gasteiger partial charge in [-0.2, -0.15) is 10.2 Å². The van der Waals surface area contributed by atoms with Crippen molar-refractivity contribution in [3.63, 3.8) is 0 Å². The lowest BCUT2D eigenvalue weighted by atomic mass is 9.77. The summed E-state index contributed by atoms with van der Waals surface area (Å²) in [6, 6.07) is 14.0. The zero-order valence-corrected chi connectivity index (χ0v) is 24.1. The van der Waals surface area contributed by atoms with Crippen LogP contribution < -0.4 is 4.90 Å². The fourth-order valence-electron chi connectivity index (χ4n) is 6.50. The minimum Gasteiger partial charge on any atom is -0.271 e. The fourth-order valence-corrected chi connectivity index (χ4v) is 6.50. The minimum absolute atomic E-state index is 0.142. The van der Waals surface area contributed by atoms with Crippen LogP contribution in [0.3, 0.4) is 0 Å². The highest BCUT2D eigenvalue weighted by atomic mass is 19.1. The Morgan fingerprint density at radius 2 is 1.61 bits per heavy atom. The SMILES string of the molecule is O=C1[C@H]2N=NN(CC(=O)N3N=C4/C(=C/c5ccc(F)cc5)CCC[C@@H]4[C@@H]3c3ccc(F)cc3)[C@H]2C(=O)N1c1ccc([N+](=O)[O-])cc1. The second-order valence-corrected chi connectivity index (χ2v) is 11.4. The first-order chi connectivity index (χ1) is 22.2. The van der Waals surface area contributed by atoms with E-state index < -0.39 is 53.1 Å². The summed E-state index contributed by atoms with van der Waals surface area (Å²) in [7, 11) is 0. The Labute approximate surface area is 260 Å². The summed E-state index contributed by atoms with van der Waals surface area (Å²) in [6.07, 6.45) is 4.16. The van der Waals surface area contributed by atoms with Gasteiger partial charge in [-0.3, -0.25) is 29.5 Å². The molecule has 0 N–H and O–H groups in total. The Morgan fingerprint density at radius 1 is 0.935 bits per heavy atom. The van der Waals surface area contributed by atoms with Crippen molar-refractivity contribution in [2.75, 3.05) is 11.4 Å².